The summed E-state index contributed by atoms with van der Waals surface area (Å²) in [4.78, 5) is 40.6. The van der Waals surface area contributed by atoms with Crippen molar-refractivity contribution in [2.75, 3.05) is 31.1 Å². The van der Waals surface area contributed by atoms with Gasteiger partial charge < -0.3 is 0 Å². The smallest absolute Gasteiger partial charge is 0.211 e. The third-order valence-electron chi connectivity index (χ3n) is 2.32. The standard InChI is InChI=1S/C12H17N3O3S2.CH4/c1-12(3-2-4-13-9-16,19-7-5-14-10-17)20-8-6-15-11-18;/h2-8H2,1H3;1H4. The van der Waals surface area contributed by atoms with E-state index in [0.717, 1.165) is 12.8 Å². The van der Waals surface area contributed by atoms with Crippen LogP contribution in [0.5, 0.6) is 0 Å². The first-order chi connectivity index (χ1) is 9.68. The minimum Gasteiger partial charge on any atom is -0.211 e. The van der Waals surface area contributed by atoms with Crippen LogP contribution in [0.3, 0.4) is 0 Å². The van der Waals surface area contributed by atoms with E-state index in [-0.39, 0.29) is 11.5 Å². The van der Waals surface area contributed by atoms with Crippen molar-refractivity contribution in [3.8, 4) is 0 Å². The third kappa shape index (κ3) is 13.6. The van der Waals surface area contributed by atoms with Gasteiger partial charge in [-0.1, -0.05) is 7.43 Å². The molecule has 21 heavy (non-hydrogen) atoms. The zero-order valence-electron chi connectivity index (χ0n) is 11.3. The lowest BCUT2D eigenvalue weighted by Gasteiger charge is -2.28. The van der Waals surface area contributed by atoms with Crippen LogP contribution in [0.1, 0.15) is 27.2 Å². The van der Waals surface area contributed by atoms with Crippen LogP contribution in [-0.2, 0) is 14.4 Å². The van der Waals surface area contributed by atoms with Crippen molar-refractivity contribution in [3.63, 3.8) is 0 Å². The minimum absolute atomic E-state index is 0. The second-order valence-corrected chi connectivity index (χ2v) is 7.31. The molecule has 118 valence electrons. The van der Waals surface area contributed by atoms with Gasteiger partial charge in [0, 0.05) is 11.5 Å². The number of nitrogens with zero attached hydrogens (tertiary/aromatic N) is 3. The molecule has 0 aliphatic rings. The van der Waals surface area contributed by atoms with E-state index in [9.17, 15) is 14.4 Å². The monoisotopic (exact) mass is 331 g/mol. The topological polar surface area (TPSA) is 88.3 Å². The quantitative estimate of drug-likeness (QED) is 0.237. The fraction of sp³-hybridized carbons (Fsp3) is 0.769. The maximum Gasteiger partial charge on any atom is 0.234 e. The van der Waals surface area contributed by atoms with Gasteiger partial charge in [-0.05, 0) is 19.8 Å². The molecule has 0 spiro atoms. The molecule has 0 N–H and O–H groups in total. The summed E-state index contributed by atoms with van der Waals surface area (Å²) in [7, 11) is 0. The maximum atomic E-state index is 10.0. The van der Waals surface area contributed by atoms with E-state index in [1.54, 1.807) is 23.5 Å². The Bertz CT molecular complexity index is 353. The number of rotatable bonds is 12. The fourth-order valence-electron chi connectivity index (χ4n) is 1.42. The summed E-state index contributed by atoms with van der Waals surface area (Å²) in [6, 6.07) is 0. The van der Waals surface area contributed by atoms with Crippen molar-refractivity contribution < 1.29 is 14.4 Å². The Morgan fingerprint density at radius 1 is 0.857 bits per heavy atom. The summed E-state index contributed by atoms with van der Waals surface area (Å²) in [6.45, 7) is 3.41. The van der Waals surface area contributed by atoms with Crippen molar-refractivity contribution >= 4 is 41.8 Å². The van der Waals surface area contributed by atoms with Crippen molar-refractivity contribution in [1.29, 1.82) is 0 Å². The highest BCUT2D eigenvalue weighted by molar-refractivity contribution is 8.18. The van der Waals surface area contributed by atoms with E-state index < -0.39 is 0 Å². The van der Waals surface area contributed by atoms with Gasteiger partial charge in [0.05, 0.1) is 23.7 Å². The normalized spacial score (nSPS) is 11.9. The lowest BCUT2D eigenvalue weighted by atomic mass is 10.2. The molecular formula is C13H21N3O3S2. The fourth-order valence-corrected chi connectivity index (χ4v) is 4.06. The Labute approximate surface area is 134 Å². The highest BCUT2D eigenvalue weighted by Crippen LogP contribution is 2.40. The Morgan fingerprint density at radius 3 is 1.71 bits per heavy atom. The van der Waals surface area contributed by atoms with E-state index in [0.29, 0.717) is 31.1 Å². The predicted molar refractivity (Wildman–Crippen MR) is 88.3 cm³/mol. The molecule has 0 aromatic rings. The molecule has 0 amide bonds. The summed E-state index contributed by atoms with van der Waals surface area (Å²) in [5, 5.41) is 0. The molecule has 0 rings (SSSR count). The van der Waals surface area contributed by atoms with Crippen LogP contribution >= 0.6 is 23.5 Å². The molecule has 0 unspecified atom stereocenters. The van der Waals surface area contributed by atoms with Gasteiger partial charge in [-0.15, -0.1) is 23.5 Å². The first kappa shape index (κ1) is 22.1. The van der Waals surface area contributed by atoms with Crippen LogP contribution in [0, 0.1) is 0 Å². The van der Waals surface area contributed by atoms with Crippen LogP contribution in [0.25, 0.3) is 0 Å². The average molecular weight is 331 g/mol. The molecule has 0 heterocycles. The molecular weight excluding hydrogens is 310 g/mol. The predicted octanol–water partition coefficient (Wildman–Crippen LogP) is 2.59. The molecule has 0 atom stereocenters. The van der Waals surface area contributed by atoms with Crippen LogP contribution in [0.2, 0.25) is 0 Å². The minimum atomic E-state index is -0.0881. The molecule has 0 bridgehead atoms. The number of isocyanates is 3. The van der Waals surface area contributed by atoms with Gasteiger partial charge in [0.25, 0.3) is 0 Å². The molecule has 0 fully saturated rings. The number of hydrogen-bond acceptors (Lipinski definition) is 8. The highest BCUT2D eigenvalue weighted by atomic mass is 32.2. The van der Waals surface area contributed by atoms with Gasteiger partial charge in [-0.2, -0.15) is 0 Å². The molecule has 0 saturated heterocycles. The zero-order valence-corrected chi connectivity index (χ0v) is 13.0. The molecule has 0 radical (unpaired) electrons. The van der Waals surface area contributed by atoms with E-state index in [4.69, 9.17) is 0 Å². The Balaban J connectivity index is 0. The van der Waals surface area contributed by atoms with Crippen molar-refractivity contribution in [2.24, 2.45) is 15.0 Å². The number of thioether (sulfide) groups is 2. The molecule has 0 aromatic carbocycles. The molecule has 0 aromatic heterocycles. The lowest BCUT2D eigenvalue weighted by molar-refractivity contribution is 0.561. The van der Waals surface area contributed by atoms with E-state index >= 15 is 0 Å². The van der Waals surface area contributed by atoms with Crippen molar-refractivity contribution in [3.05, 3.63) is 0 Å². The van der Waals surface area contributed by atoms with Gasteiger partial charge in [0.15, 0.2) is 0 Å². The molecule has 0 saturated carbocycles. The second kappa shape index (κ2) is 15.2. The van der Waals surface area contributed by atoms with Gasteiger partial charge in [0.1, 0.15) is 0 Å². The third-order valence-corrected chi connectivity index (χ3v) is 5.43. The SMILES string of the molecule is C.CC(CCCN=C=O)(SCCN=C=O)SCCN=C=O. The lowest BCUT2D eigenvalue weighted by Crippen LogP contribution is -2.18. The van der Waals surface area contributed by atoms with Crippen LogP contribution in [0.4, 0.5) is 0 Å². The zero-order chi connectivity index (χ0) is 15.1. The van der Waals surface area contributed by atoms with Crippen LogP contribution in [0.15, 0.2) is 15.0 Å². The molecule has 0 aliphatic carbocycles. The summed E-state index contributed by atoms with van der Waals surface area (Å²) in [5.74, 6) is 1.43. The largest absolute Gasteiger partial charge is 0.234 e. The second-order valence-electron chi connectivity index (χ2n) is 3.85. The van der Waals surface area contributed by atoms with Gasteiger partial charge in [-0.3, -0.25) is 0 Å². The highest BCUT2D eigenvalue weighted by Gasteiger charge is 2.24. The molecule has 6 nitrogen and oxygen atoms in total. The van der Waals surface area contributed by atoms with E-state index in [1.165, 1.54) is 18.2 Å². The maximum absolute atomic E-state index is 10.0. The van der Waals surface area contributed by atoms with Crippen molar-refractivity contribution in [2.45, 2.75) is 31.3 Å². The molecule has 0 aliphatic heterocycles. The first-order valence-corrected chi connectivity index (χ1v) is 8.04. The Kier molecular flexibility index (Phi) is 16.1. The summed E-state index contributed by atoms with van der Waals surface area (Å²) in [6.07, 6.45) is 6.17. The summed E-state index contributed by atoms with van der Waals surface area (Å²) in [5.41, 5.74) is 0. The van der Waals surface area contributed by atoms with Crippen LogP contribution in [-0.4, -0.2) is 53.5 Å². The van der Waals surface area contributed by atoms with Crippen molar-refractivity contribution in [1.82, 2.24) is 0 Å². The van der Waals surface area contributed by atoms with Crippen LogP contribution < -0.4 is 0 Å². The first-order valence-electron chi connectivity index (χ1n) is 6.07. The van der Waals surface area contributed by atoms with E-state index in [2.05, 4.69) is 21.9 Å². The van der Waals surface area contributed by atoms with Gasteiger partial charge >= 0.3 is 0 Å². The number of aliphatic imine (C=N–C) groups is 3. The average Bonchev–Trinajstić information content (AvgIpc) is 2.45. The summed E-state index contributed by atoms with van der Waals surface area (Å²) < 4.78 is -0.0881. The Morgan fingerprint density at radius 2 is 1.29 bits per heavy atom. The number of carbonyl (C=O) groups excluding carboxylic acids is 3. The summed E-state index contributed by atoms with van der Waals surface area (Å²) >= 11 is 3.38. The number of hydrogen-bond donors (Lipinski definition) is 0. The van der Waals surface area contributed by atoms with Gasteiger partial charge in [0.2, 0.25) is 18.2 Å². The van der Waals surface area contributed by atoms with Gasteiger partial charge in [-0.25, -0.2) is 29.4 Å². The van der Waals surface area contributed by atoms with E-state index in [1.807, 2.05) is 0 Å². The molecule has 8 heteroatoms. The Hall–Kier alpha value is -1.16.